The molecule has 0 atom stereocenters. The van der Waals surface area contributed by atoms with E-state index < -0.39 is 0 Å². The third-order valence-corrected chi connectivity index (χ3v) is 4.00. The Balaban J connectivity index is 1.47. The van der Waals surface area contributed by atoms with E-state index in [1.54, 1.807) is 28.1 Å². The number of halogens is 1. The second-order valence-corrected chi connectivity index (χ2v) is 5.66. The number of amides is 2. The van der Waals surface area contributed by atoms with Crippen molar-refractivity contribution in [3.63, 3.8) is 0 Å². The zero-order valence-corrected chi connectivity index (χ0v) is 13.6. The van der Waals surface area contributed by atoms with E-state index in [1.165, 1.54) is 30.5 Å². The normalized spacial score (nSPS) is 14.3. The van der Waals surface area contributed by atoms with Gasteiger partial charge in [-0.2, -0.15) is 0 Å². The molecule has 1 fully saturated rings. The fourth-order valence-electron chi connectivity index (χ4n) is 2.60. The van der Waals surface area contributed by atoms with Crippen LogP contribution in [0.25, 0.3) is 0 Å². The molecule has 0 bridgehead atoms. The highest BCUT2D eigenvalue weighted by Gasteiger charge is 2.25. The first-order chi connectivity index (χ1) is 12.1. The molecular weight excluding hydrogens is 325 g/mol. The second kappa shape index (κ2) is 7.74. The van der Waals surface area contributed by atoms with Crippen molar-refractivity contribution in [2.24, 2.45) is 0 Å². The summed E-state index contributed by atoms with van der Waals surface area (Å²) in [5.74, 6) is -0.145. The quantitative estimate of drug-likeness (QED) is 0.846. The Morgan fingerprint density at radius 2 is 1.72 bits per heavy atom. The Hall–Kier alpha value is -2.96. The lowest BCUT2D eigenvalue weighted by atomic mass is 10.2. The van der Waals surface area contributed by atoms with Gasteiger partial charge in [-0.1, -0.05) is 0 Å². The highest BCUT2D eigenvalue weighted by atomic mass is 19.1. The van der Waals surface area contributed by atoms with Crippen LogP contribution in [0.2, 0.25) is 0 Å². The summed E-state index contributed by atoms with van der Waals surface area (Å²) >= 11 is 0. The van der Waals surface area contributed by atoms with Crippen molar-refractivity contribution < 1.29 is 18.7 Å². The van der Waals surface area contributed by atoms with E-state index in [4.69, 9.17) is 4.74 Å². The van der Waals surface area contributed by atoms with Gasteiger partial charge in [0, 0.05) is 38.6 Å². The van der Waals surface area contributed by atoms with E-state index in [2.05, 4.69) is 4.98 Å². The van der Waals surface area contributed by atoms with Gasteiger partial charge < -0.3 is 14.5 Å². The summed E-state index contributed by atoms with van der Waals surface area (Å²) in [5, 5.41) is 0. The molecular formula is C18H18FN3O3. The predicted molar refractivity (Wildman–Crippen MR) is 88.6 cm³/mol. The third-order valence-electron chi connectivity index (χ3n) is 4.00. The Labute approximate surface area is 144 Å². The molecule has 0 aliphatic carbocycles. The lowest BCUT2D eigenvalue weighted by molar-refractivity contribution is -0.134. The highest BCUT2D eigenvalue weighted by Crippen LogP contribution is 2.12. The van der Waals surface area contributed by atoms with Crippen LogP contribution in [-0.2, 0) is 4.79 Å². The van der Waals surface area contributed by atoms with Gasteiger partial charge in [-0.3, -0.25) is 14.6 Å². The summed E-state index contributed by atoms with van der Waals surface area (Å²) in [6.07, 6.45) is 3.16. The molecule has 7 heteroatoms. The fourth-order valence-corrected chi connectivity index (χ4v) is 2.60. The Kier molecular flexibility index (Phi) is 5.23. The van der Waals surface area contributed by atoms with Gasteiger partial charge in [0.2, 0.25) is 0 Å². The number of ether oxygens (including phenoxy) is 1. The summed E-state index contributed by atoms with van der Waals surface area (Å²) in [4.78, 5) is 31.9. The summed E-state index contributed by atoms with van der Waals surface area (Å²) in [5.41, 5.74) is 0.543. The van der Waals surface area contributed by atoms with Crippen molar-refractivity contribution >= 4 is 11.8 Å². The van der Waals surface area contributed by atoms with Crippen molar-refractivity contribution in [1.82, 2.24) is 14.8 Å². The molecule has 0 radical (unpaired) electrons. The molecule has 25 heavy (non-hydrogen) atoms. The van der Waals surface area contributed by atoms with Gasteiger partial charge in [-0.25, -0.2) is 4.39 Å². The third kappa shape index (κ3) is 4.32. The molecule has 1 aliphatic rings. The summed E-state index contributed by atoms with van der Waals surface area (Å²) in [7, 11) is 0. The Bertz CT molecular complexity index is 729. The molecule has 0 spiro atoms. The number of pyridine rings is 1. The molecule has 6 nitrogen and oxygen atoms in total. The molecule has 2 amide bonds. The molecule has 1 aromatic carbocycles. The number of piperazine rings is 1. The number of benzene rings is 1. The summed E-state index contributed by atoms with van der Waals surface area (Å²) in [6, 6.07) is 8.97. The Morgan fingerprint density at radius 3 is 2.36 bits per heavy atom. The average Bonchev–Trinajstić information content (AvgIpc) is 2.67. The molecule has 3 rings (SSSR count). The zero-order valence-electron chi connectivity index (χ0n) is 13.6. The van der Waals surface area contributed by atoms with E-state index >= 15 is 0 Å². The minimum atomic E-state index is -0.354. The van der Waals surface area contributed by atoms with Crippen LogP contribution in [-0.4, -0.2) is 59.4 Å². The van der Waals surface area contributed by atoms with E-state index in [-0.39, 0.29) is 24.2 Å². The first kappa shape index (κ1) is 16.9. The van der Waals surface area contributed by atoms with Crippen LogP contribution in [0.15, 0.2) is 48.8 Å². The number of hydrogen-bond acceptors (Lipinski definition) is 4. The molecule has 130 valence electrons. The number of carbonyl (C=O) groups excluding carboxylic acids is 2. The second-order valence-electron chi connectivity index (χ2n) is 5.66. The zero-order chi connectivity index (χ0) is 17.6. The maximum Gasteiger partial charge on any atom is 0.260 e. The molecule has 2 heterocycles. The van der Waals surface area contributed by atoms with Crippen molar-refractivity contribution in [3.8, 4) is 5.75 Å². The molecule has 1 aromatic heterocycles. The van der Waals surface area contributed by atoms with Gasteiger partial charge in [0.1, 0.15) is 11.6 Å². The largest absolute Gasteiger partial charge is 0.484 e. The molecule has 0 N–H and O–H groups in total. The summed E-state index contributed by atoms with van der Waals surface area (Å²) in [6.45, 7) is 1.74. The van der Waals surface area contributed by atoms with Crippen molar-refractivity contribution in [2.75, 3.05) is 32.8 Å². The lowest BCUT2D eigenvalue weighted by Crippen LogP contribution is -2.51. The molecule has 0 saturated carbocycles. The van der Waals surface area contributed by atoms with Crippen LogP contribution in [0.1, 0.15) is 10.4 Å². The highest BCUT2D eigenvalue weighted by molar-refractivity contribution is 5.94. The standard InChI is InChI=1S/C18H18FN3O3/c19-15-3-5-16(6-4-15)25-13-17(23)21-8-10-22(11-9-21)18(24)14-2-1-7-20-12-14/h1-7,12H,8-11,13H2. The number of aromatic nitrogens is 1. The minimum Gasteiger partial charge on any atom is -0.484 e. The number of hydrogen-bond donors (Lipinski definition) is 0. The van der Waals surface area contributed by atoms with Crippen molar-refractivity contribution in [3.05, 3.63) is 60.2 Å². The summed E-state index contributed by atoms with van der Waals surface area (Å²) < 4.78 is 18.2. The van der Waals surface area contributed by atoms with Crippen LogP contribution >= 0.6 is 0 Å². The van der Waals surface area contributed by atoms with E-state index in [0.717, 1.165) is 0 Å². The fraction of sp³-hybridized carbons (Fsp3) is 0.278. The van der Waals surface area contributed by atoms with Gasteiger partial charge in [0.15, 0.2) is 6.61 Å². The van der Waals surface area contributed by atoms with Crippen LogP contribution in [0.4, 0.5) is 4.39 Å². The molecule has 2 aromatic rings. The van der Waals surface area contributed by atoms with Crippen LogP contribution in [0.5, 0.6) is 5.75 Å². The molecule has 1 aliphatic heterocycles. The molecule has 1 saturated heterocycles. The van der Waals surface area contributed by atoms with Gasteiger partial charge in [-0.05, 0) is 36.4 Å². The van der Waals surface area contributed by atoms with Crippen molar-refractivity contribution in [2.45, 2.75) is 0 Å². The van der Waals surface area contributed by atoms with E-state index in [0.29, 0.717) is 37.5 Å². The van der Waals surface area contributed by atoms with E-state index in [9.17, 15) is 14.0 Å². The Morgan fingerprint density at radius 1 is 1.04 bits per heavy atom. The van der Waals surface area contributed by atoms with Crippen molar-refractivity contribution in [1.29, 1.82) is 0 Å². The van der Waals surface area contributed by atoms with Gasteiger partial charge in [0.05, 0.1) is 5.56 Å². The minimum absolute atomic E-state index is 0.0808. The topological polar surface area (TPSA) is 62.7 Å². The lowest BCUT2D eigenvalue weighted by Gasteiger charge is -2.34. The number of rotatable bonds is 4. The van der Waals surface area contributed by atoms with Crippen LogP contribution in [0.3, 0.4) is 0 Å². The number of carbonyl (C=O) groups is 2. The number of nitrogens with zero attached hydrogens (tertiary/aromatic N) is 3. The van der Waals surface area contributed by atoms with Crippen LogP contribution < -0.4 is 4.74 Å². The van der Waals surface area contributed by atoms with Gasteiger partial charge in [0.25, 0.3) is 11.8 Å². The first-order valence-electron chi connectivity index (χ1n) is 7.99. The molecule has 0 unspecified atom stereocenters. The predicted octanol–water partition coefficient (Wildman–Crippen LogP) is 1.58. The van der Waals surface area contributed by atoms with E-state index in [1.807, 2.05) is 0 Å². The maximum absolute atomic E-state index is 12.8. The van der Waals surface area contributed by atoms with Crippen LogP contribution in [0, 0.1) is 5.82 Å². The average molecular weight is 343 g/mol. The van der Waals surface area contributed by atoms with Gasteiger partial charge >= 0.3 is 0 Å². The first-order valence-corrected chi connectivity index (χ1v) is 7.99. The SMILES string of the molecule is O=C(COc1ccc(F)cc1)N1CCN(C(=O)c2cccnc2)CC1. The maximum atomic E-state index is 12.8. The monoisotopic (exact) mass is 343 g/mol. The van der Waals surface area contributed by atoms with Gasteiger partial charge in [-0.15, -0.1) is 0 Å². The smallest absolute Gasteiger partial charge is 0.260 e.